The van der Waals surface area contributed by atoms with E-state index in [0.717, 1.165) is 51.8 Å². The highest BCUT2D eigenvalue weighted by Crippen LogP contribution is 2.39. The molecule has 0 bridgehead atoms. The van der Waals surface area contributed by atoms with Gasteiger partial charge in [0.05, 0.1) is 23.3 Å². The topological polar surface area (TPSA) is 65.5 Å². The van der Waals surface area contributed by atoms with Crippen molar-refractivity contribution in [1.82, 2.24) is 15.2 Å². The Morgan fingerprint density at radius 3 is 2.44 bits per heavy atom. The lowest BCUT2D eigenvalue weighted by atomic mass is 9.80. The quantitative estimate of drug-likeness (QED) is 0.624. The molecule has 0 spiro atoms. The molecule has 6 heteroatoms. The standard InChI is InChI=1S/C28H32N4O2/c1-18-14-20(16-19-10-12-21(13-11-19)31(3)4)27-23(15-18)26(22-8-6-7-9-24(22)30-27)28(34)32(5)17-25(33)29-2/h6-13,16,18H,14-15,17H2,1-5H3,(H,29,33)/b20-16-. The number of likely N-dealkylation sites (N-methyl/N-ethyl adjacent to an activating group) is 2. The van der Waals surface area contributed by atoms with Gasteiger partial charge in [0.25, 0.3) is 5.91 Å². The number of hydrogen-bond donors (Lipinski definition) is 1. The van der Waals surface area contributed by atoms with Crippen molar-refractivity contribution in [2.75, 3.05) is 39.6 Å². The van der Waals surface area contributed by atoms with Gasteiger partial charge in [-0.25, -0.2) is 4.98 Å². The summed E-state index contributed by atoms with van der Waals surface area (Å²) < 4.78 is 0. The van der Waals surface area contributed by atoms with Gasteiger partial charge in [-0.05, 0) is 59.7 Å². The van der Waals surface area contributed by atoms with Crippen molar-refractivity contribution in [3.8, 4) is 0 Å². The number of hydrogen-bond acceptors (Lipinski definition) is 4. The first-order valence-electron chi connectivity index (χ1n) is 11.6. The molecule has 0 fully saturated rings. The van der Waals surface area contributed by atoms with Gasteiger partial charge in [0.15, 0.2) is 0 Å². The summed E-state index contributed by atoms with van der Waals surface area (Å²) in [6.07, 6.45) is 3.87. The fourth-order valence-electron chi connectivity index (χ4n) is 4.61. The van der Waals surface area contributed by atoms with Crippen LogP contribution in [0.25, 0.3) is 22.6 Å². The number of carbonyl (C=O) groups is 2. The second kappa shape index (κ2) is 9.67. The average molecular weight is 457 g/mol. The van der Waals surface area contributed by atoms with Crippen LogP contribution in [0.1, 0.15) is 40.5 Å². The Kier molecular flexibility index (Phi) is 6.68. The predicted octanol–water partition coefficient (Wildman–Crippen LogP) is 4.24. The maximum Gasteiger partial charge on any atom is 0.255 e. The minimum atomic E-state index is -0.196. The molecule has 4 rings (SSSR count). The predicted molar refractivity (Wildman–Crippen MR) is 139 cm³/mol. The molecule has 0 saturated heterocycles. The summed E-state index contributed by atoms with van der Waals surface area (Å²) in [5.74, 6) is 0.0268. The van der Waals surface area contributed by atoms with E-state index in [-0.39, 0.29) is 18.4 Å². The van der Waals surface area contributed by atoms with Crippen LogP contribution < -0.4 is 10.2 Å². The van der Waals surface area contributed by atoms with E-state index in [9.17, 15) is 9.59 Å². The second-order valence-corrected chi connectivity index (χ2v) is 9.33. The Bertz CT molecular complexity index is 1260. The van der Waals surface area contributed by atoms with Crippen LogP contribution in [-0.2, 0) is 11.2 Å². The molecule has 0 aliphatic heterocycles. The van der Waals surface area contributed by atoms with Gasteiger partial charge < -0.3 is 15.1 Å². The number of benzene rings is 2. The first-order chi connectivity index (χ1) is 16.3. The number of amides is 2. The van der Waals surface area contributed by atoms with Crippen LogP contribution in [0.5, 0.6) is 0 Å². The van der Waals surface area contributed by atoms with Gasteiger partial charge >= 0.3 is 0 Å². The summed E-state index contributed by atoms with van der Waals surface area (Å²) in [5.41, 5.74) is 6.72. The molecule has 1 unspecified atom stereocenters. The zero-order valence-corrected chi connectivity index (χ0v) is 20.6. The summed E-state index contributed by atoms with van der Waals surface area (Å²) >= 11 is 0. The van der Waals surface area contributed by atoms with Crippen LogP contribution in [0.3, 0.4) is 0 Å². The van der Waals surface area contributed by atoms with Gasteiger partial charge in [-0.2, -0.15) is 0 Å². The van der Waals surface area contributed by atoms with Crippen LogP contribution in [0.2, 0.25) is 0 Å². The molecule has 1 aliphatic rings. The molecule has 2 aromatic carbocycles. The number of anilines is 1. The van der Waals surface area contributed by atoms with Gasteiger partial charge in [-0.3, -0.25) is 9.59 Å². The van der Waals surface area contributed by atoms with E-state index in [1.807, 2.05) is 38.4 Å². The van der Waals surface area contributed by atoms with E-state index in [2.05, 4.69) is 47.5 Å². The van der Waals surface area contributed by atoms with Crippen molar-refractivity contribution < 1.29 is 9.59 Å². The molecule has 6 nitrogen and oxygen atoms in total. The number of rotatable bonds is 5. The molecule has 3 aromatic rings. The van der Waals surface area contributed by atoms with Crippen LogP contribution >= 0.6 is 0 Å². The van der Waals surface area contributed by atoms with Crippen molar-refractivity contribution in [3.63, 3.8) is 0 Å². The maximum absolute atomic E-state index is 13.6. The normalized spacial score (nSPS) is 16.3. The Hall–Kier alpha value is -3.67. The number of nitrogens with one attached hydrogen (secondary N) is 1. The summed E-state index contributed by atoms with van der Waals surface area (Å²) in [6.45, 7) is 2.22. The van der Waals surface area contributed by atoms with Crippen molar-refractivity contribution in [3.05, 3.63) is 70.9 Å². The largest absolute Gasteiger partial charge is 0.378 e. The van der Waals surface area contributed by atoms with Crippen LogP contribution in [0.4, 0.5) is 5.69 Å². The molecule has 0 radical (unpaired) electrons. The van der Waals surface area contributed by atoms with Gasteiger partial charge in [-0.1, -0.05) is 37.3 Å². The Balaban J connectivity index is 1.86. The highest BCUT2D eigenvalue weighted by molar-refractivity contribution is 6.09. The summed E-state index contributed by atoms with van der Waals surface area (Å²) in [7, 11) is 7.31. The third-order valence-electron chi connectivity index (χ3n) is 6.39. The number of fused-ring (bicyclic) bond motifs is 2. The molecular weight excluding hydrogens is 424 g/mol. The highest BCUT2D eigenvalue weighted by Gasteiger charge is 2.29. The molecule has 1 aliphatic carbocycles. The van der Waals surface area contributed by atoms with Crippen LogP contribution in [0, 0.1) is 5.92 Å². The summed E-state index contributed by atoms with van der Waals surface area (Å²) in [4.78, 5) is 34.2. The van der Waals surface area contributed by atoms with Gasteiger partial charge in [0, 0.05) is 39.3 Å². The Labute approximate surface area is 201 Å². The lowest BCUT2D eigenvalue weighted by molar-refractivity contribution is -0.121. The Morgan fingerprint density at radius 1 is 1.06 bits per heavy atom. The zero-order chi connectivity index (χ0) is 24.4. The lowest BCUT2D eigenvalue weighted by Gasteiger charge is -2.28. The first-order valence-corrected chi connectivity index (χ1v) is 11.6. The van der Waals surface area contributed by atoms with E-state index in [1.54, 1.807) is 14.1 Å². The average Bonchev–Trinajstić information content (AvgIpc) is 2.82. The fourth-order valence-corrected chi connectivity index (χ4v) is 4.61. The summed E-state index contributed by atoms with van der Waals surface area (Å²) in [5, 5.41) is 3.43. The number of aromatic nitrogens is 1. The number of para-hydroxylation sites is 1. The van der Waals surface area contributed by atoms with Crippen molar-refractivity contribution in [2.45, 2.75) is 19.8 Å². The van der Waals surface area contributed by atoms with E-state index < -0.39 is 0 Å². The minimum Gasteiger partial charge on any atom is -0.378 e. The van der Waals surface area contributed by atoms with Crippen LogP contribution in [0.15, 0.2) is 48.5 Å². The molecular formula is C28H32N4O2. The highest BCUT2D eigenvalue weighted by atomic mass is 16.2. The molecule has 2 amide bonds. The monoisotopic (exact) mass is 456 g/mol. The Morgan fingerprint density at radius 2 is 1.76 bits per heavy atom. The number of nitrogens with zero attached hydrogens (tertiary/aromatic N) is 3. The van der Waals surface area contributed by atoms with Gasteiger partial charge in [-0.15, -0.1) is 0 Å². The molecule has 34 heavy (non-hydrogen) atoms. The SMILES string of the molecule is CNC(=O)CN(C)C(=O)c1c2c(nc3ccccc13)/C(=C\c1ccc(N(C)C)cc1)CC(C)C2. The molecule has 1 atom stereocenters. The fraction of sp³-hybridized carbons (Fsp3) is 0.321. The van der Waals surface area contributed by atoms with Crippen LogP contribution in [-0.4, -0.2) is 56.4 Å². The molecule has 1 aromatic heterocycles. The van der Waals surface area contributed by atoms with Crippen molar-refractivity contribution in [1.29, 1.82) is 0 Å². The third-order valence-corrected chi connectivity index (χ3v) is 6.39. The second-order valence-electron chi connectivity index (χ2n) is 9.33. The minimum absolute atomic E-state index is 0.0111. The first kappa shape index (κ1) is 23.5. The van der Waals surface area contributed by atoms with Gasteiger partial charge in [0.1, 0.15) is 0 Å². The molecule has 1 heterocycles. The van der Waals surface area contributed by atoms with E-state index >= 15 is 0 Å². The van der Waals surface area contributed by atoms with Crippen molar-refractivity contribution >= 4 is 40.1 Å². The smallest absolute Gasteiger partial charge is 0.255 e. The lowest BCUT2D eigenvalue weighted by Crippen LogP contribution is -2.37. The zero-order valence-electron chi connectivity index (χ0n) is 20.6. The molecule has 176 valence electrons. The van der Waals surface area contributed by atoms with Gasteiger partial charge in [0.2, 0.25) is 5.91 Å². The number of carbonyl (C=O) groups excluding carboxylic acids is 2. The molecule has 1 N–H and O–H groups in total. The van der Waals surface area contributed by atoms with Crippen molar-refractivity contribution in [2.24, 2.45) is 5.92 Å². The summed E-state index contributed by atoms with van der Waals surface area (Å²) in [6, 6.07) is 16.2. The number of allylic oxidation sites excluding steroid dienone is 1. The molecule has 0 saturated carbocycles. The van der Waals surface area contributed by atoms with E-state index in [4.69, 9.17) is 4.98 Å². The van der Waals surface area contributed by atoms with E-state index in [0.29, 0.717) is 11.5 Å². The third kappa shape index (κ3) is 4.67. The van der Waals surface area contributed by atoms with E-state index in [1.165, 1.54) is 4.90 Å². The number of pyridine rings is 1. The maximum atomic E-state index is 13.6.